The Morgan fingerprint density at radius 2 is 1.71 bits per heavy atom. The second-order valence-electron chi connectivity index (χ2n) is 10.4. The molecule has 11 heteroatoms. The van der Waals surface area contributed by atoms with Crippen molar-refractivity contribution in [3.63, 3.8) is 0 Å². The summed E-state index contributed by atoms with van der Waals surface area (Å²) in [6, 6.07) is 13.7. The average molecular weight is 603 g/mol. The fourth-order valence-electron chi connectivity index (χ4n) is 3.79. The molecule has 0 aliphatic rings. The maximum Gasteiger partial charge on any atom is 0.415 e. The van der Waals surface area contributed by atoms with E-state index in [1.165, 1.54) is 23.1 Å². The Kier molecular flexibility index (Phi) is 10.6. The lowest BCUT2D eigenvalue weighted by molar-refractivity contribution is -0.145. The standard InChI is InChI=1S/C30H33Cl2N3O6/c1-18-16-19(12-13-24(18)36)17-23(34-27(37)26-21(31)9-7-10-22(26)32)28(38)40-15-14-20-8-6-11-25(33-20)35(5)29(39)41-30(2,3)4/h6-13,16,23,36H,14-15,17H2,1-5H3,(H,34,37)/t23-/m0/s1. The van der Waals surface area contributed by atoms with Crippen LogP contribution in [0.2, 0.25) is 10.0 Å². The van der Waals surface area contributed by atoms with Gasteiger partial charge in [0.25, 0.3) is 5.91 Å². The number of hydrogen-bond acceptors (Lipinski definition) is 7. The van der Waals surface area contributed by atoms with Crippen molar-refractivity contribution in [2.75, 3.05) is 18.6 Å². The Morgan fingerprint density at radius 1 is 1.05 bits per heavy atom. The fraction of sp³-hybridized carbons (Fsp3) is 0.333. The number of anilines is 1. The van der Waals surface area contributed by atoms with Gasteiger partial charge < -0.3 is 19.9 Å². The number of halogens is 2. The molecule has 2 aromatic carbocycles. The molecule has 1 aromatic heterocycles. The summed E-state index contributed by atoms with van der Waals surface area (Å²) in [6.07, 6.45) is -0.186. The van der Waals surface area contributed by atoms with E-state index in [4.69, 9.17) is 32.7 Å². The second kappa shape index (κ2) is 13.7. The largest absolute Gasteiger partial charge is 0.508 e. The van der Waals surface area contributed by atoms with Gasteiger partial charge in [-0.1, -0.05) is 47.5 Å². The van der Waals surface area contributed by atoms with Crippen LogP contribution in [-0.2, 0) is 27.1 Å². The summed E-state index contributed by atoms with van der Waals surface area (Å²) in [7, 11) is 1.56. The summed E-state index contributed by atoms with van der Waals surface area (Å²) in [5, 5.41) is 12.8. The van der Waals surface area contributed by atoms with E-state index in [1.807, 2.05) is 0 Å². The maximum atomic E-state index is 13.2. The molecule has 0 aliphatic carbocycles. The molecule has 218 valence electrons. The summed E-state index contributed by atoms with van der Waals surface area (Å²) >= 11 is 12.4. The molecule has 3 aromatic rings. The number of aryl methyl sites for hydroxylation is 1. The number of rotatable bonds is 9. The number of phenols is 1. The van der Waals surface area contributed by atoms with Crippen LogP contribution < -0.4 is 10.2 Å². The van der Waals surface area contributed by atoms with Crippen molar-refractivity contribution in [1.82, 2.24) is 10.3 Å². The van der Waals surface area contributed by atoms with Crippen LogP contribution in [0.1, 0.15) is 48.0 Å². The number of hydrogen-bond donors (Lipinski definition) is 2. The zero-order valence-electron chi connectivity index (χ0n) is 23.5. The van der Waals surface area contributed by atoms with Crippen LogP contribution in [0.4, 0.5) is 10.6 Å². The molecule has 1 heterocycles. The van der Waals surface area contributed by atoms with Gasteiger partial charge in [-0.2, -0.15) is 0 Å². The predicted molar refractivity (Wildman–Crippen MR) is 158 cm³/mol. The van der Waals surface area contributed by atoms with Crippen molar-refractivity contribution in [3.8, 4) is 5.75 Å². The minimum Gasteiger partial charge on any atom is -0.508 e. The van der Waals surface area contributed by atoms with Crippen molar-refractivity contribution in [2.45, 2.75) is 52.2 Å². The summed E-state index contributed by atoms with van der Waals surface area (Å²) in [6.45, 7) is 7.03. The van der Waals surface area contributed by atoms with E-state index >= 15 is 0 Å². The van der Waals surface area contributed by atoms with E-state index in [0.29, 0.717) is 22.6 Å². The SMILES string of the molecule is Cc1cc(C[C@H](NC(=O)c2c(Cl)cccc2Cl)C(=O)OCCc2cccc(N(C)C(=O)OC(C)(C)C)n2)ccc1O. The number of phenolic OH excluding ortho intramolecular Hbond substituents is 1. The van der Waals surface area contributed by atoms with Crippen LogP contribution in [0.15, 0.2) is 54.6 Å². The molecule has 2 amide bonds. The zero-order valence-corrected chi connectivity index (χ0v) is 25.0. The highest BCUT2D eigenvalue weighted by Gasteiger charge is 2.26. The molecule has 9 nitrogen and oxygen atoms in total. The van der Waals surface area contributed by atoms with Gasteiger partial charge in [-0.25, -0.2) is 14.6 Å². The zero-order chi connectivity index (χ0) is 30.3. The number of amides is 2. The highest BCUT2D eigenvalue weighted by molar-refractivity contribution is 6.39. The molecule has 0 radical (unpaired) electrons. The lowest BCUT2D eigenvalue weighted by Crippen LogP contribution is -2.43. The summed E-state index contributed by atoms with van der Waals surface area (Å²) < 4.78 is 10.9. The van der Waals surface area contributed by atoms with Crippen molar-refractivity contribution < 1.29 is 29.0 Å². The molecule has 0 saturated heterocycles. The second-order valence-corrected chi connectivity index (χ2v) is 11.2. The smallest absolute Gasteiger partial charge is 0.415 e. The minimum absolute atomic E-state index is 0.0285. The molecule has 2 N–H and O–H groups in total. The molecule has 41 heavy (non-hydrogen) atoms. The first-order valence-corrected chi connectivity index (χ1v) is 13.6. The summed E-state index contributed by atoms with van der Waals surface area (Å²) in [5.74, 6) is -0.800. The molecule has 0 saturated carbocycles. The lowest BCUT2D eigenvalue weighted by Gasteiger charge is -2.24. The number of carbonyl (C=O) groups excluding carboxylic acids is 3. The van der Waals surface area contributed by atoms with Crippen molar-refractivity contribution in [2.24, 2.45) is 0 Å². The quantitative estimate of drug-likeness (QED) is 0.293. The van der Waals surface area contributed by atoms with Crippen molar-refractivity contribution in [1.29, 1.82) is 0 Å². The fourth-order valence-corrected chi connectivity index (χ4v) is 4.36. The Morgan fingerprint density at radius 3 is 2.34 bits per heavy atom. The van der Waals surface area contributed by atoms with Gasteiger partial charge in [-0.15, -0.1) is 0 Å². The molecule has 0 unspecified atom stereocenters. The normalized spacial score (nSPS) is 11.9. The van der Waals surface area contributed by atoms with Gasteiger partial charge in [0.05, 0.1) is 22.2 Å². The highest BCUT2D eigenvalue weighted by atomic mass is 35.5. The van der Waals surface area contributed by atoms with Gasteiger partial charge >= 0.3 is 12.1 Å². The first kappa shape index (κ1) is 31.7. The van der Waals surface area contributed by atoms with Crippen molar-refractivity contribution >= 4 is 47.0 Å². The Balaban J connectivity index is 1.71. The van der Waals surface area contributed by atoms with Crippen molar-refractivity contribution in [3.05, 3.63) is 87.0 Å². The number of nitrogens with one attached hydrogen (secondary N) is 1. The van der Waals surface area contributed by atoms with E-state index < -0.39 is 29.6 Å². The molecule has 0 aliphatic heterocycles. The number of carbonyl (C=O) groups is 3. The van der Waals surface area contributed by atoms with Gasteiger partial charge in [-0.05, 0) is 69.2 Å². The first-order valence-electron chi connectivity index (χ1n) is 12.9. The number of esters is 1. The number of ether oxygens (including phenoxy) is 2. The Labute approximate surface area is 249 Å². The number of aromatic hydroxyl groups is 1. The van der Waals surface area contributed by atoms with Crippen LogP contribution >= 0.6 is 23.2 Å². The number of benzene rings is 2. The number of aromatic nitrogens is 1. The van der Waals surface area contributed by atoms with E-state index in [-0.39, 0.29) is 40.8 Å². The van der Waals surface area contributed by atoms with Crippen LogP contribution in [-0.4, -0.2) is 53.4 Å². The third kappa shape index (κ3) is 9.09. The molecule has 0 fully saturated rings. The number of pyridine rings is 1. The molecule has 0 bridgehead atoms. The van der Waals surface area contributed by atoms with Crippen LogP contribution in [0.5, 0.6) is 5.75 Å². The molecule has 1 atom stereocenters. The third-order valence-corrected chi connectivity index (χ3v) is 6.52. The molecular formula is C30H33Cl2N3O6. The maximum absolute atomic E-state index is 13.2. The van der Waals surface area contributed by atoms with E-state index in [2.05, 4.69) is 10.3 Å². The first-order chi connectivity index (χ1) is 19.2. The minimum atomic E-state index is -1.07. The van der Waals surface area contributed by atoms with Gasteiger partial charge in [0.15, 0.2) is 0 Å². The van der Waals surface area contributed by atoms with Crippen LogP contribution in [0.3, 0.4) is 0 Å². The van der Waals surface area contributed by atoms with Crippen LogP contribution in [0, 0.1) is 6.92 Å². The predicted octanol–water partition coefficient (Wildman–Crippen LogP) is 5.90. The van der Waals surface area contributed by atoms with E-state index in [0.717, 1.165) is 0 Å². The van der Waals surface area contributed by atoms with Gasteiger partial charge in [0, 0.05) is 25.6 Å². The van der Waals surface area contributed by atoms with E-state index in [1.54, 1.807) is 71.1 Å². The monoisotopic (exact) mass is 601 g/mol. The highest BCUT2D eigenvalue weighted by Crippen LogP contribution is 2.25. The Bertz CT molecular complexity index is 1400. The van der Waals surface area contributed by atoms with Gasteiger partial charge in [-0.3, -0.25) is 9.69 Å². The number of nitrogens with zero attached hydrogens (tertiary/aromatic N) is 2. The lowest BCUT2D eigenvalue weighted by atomic mass is 10.0. The third-order valence-electron chi connectivity index (χ3n) is 5.89. The Hall–Kier alpha value is -3.82. The summed E-state index contributed by atoms with van der Waals surface area (Å²) in [4.78, 5) is 44.4. The molecular weight excluding hydrogens is 569 g/mol. The topological polar surface area (TPSA) is 118 Å². The molecule has 0 spiro atoms. The summed E-state index contributed by atoms with van der Waals surface area (Å²) in [5.41, 5.74) is 1.30. The molecule has 3 rings (SSSR count). The average Bonchev–Trinajstić information content (AvgIpc) is 2.89. The van der Waals surface area contributed by atoms with Gasteiger partial charge in [0.1, 0.15) is 23.2 Å². The van der Waals surface area contributed by atoms with Crippen LogP contribution in [0.25, 0.3) is 0 Å². The van der Waals surface area contributed by atoms with Gasteiger partial charge in [0.2, 0.25) is 0 Å². The van der Waals surface area contributed by atoms with E-state index in [9.17, 15) is 19.5 Å².